The SMILES string of the molecule is CCN(Cc1ccccc1)C(=O)[C@@H](N)Cc1c[nH]c2ccccc12.Cl. The second-order valence-corrected chi connectivity index (χ2v) is 6.01. The Balaban J connectivity index is 0.00000225. The number of benzene rings is 2. The van der Waals surface area contributed by atoms with E-state index in [2.05, 4.69) is 11.1 Å². The number of likely N-dealkylation sites (N-methyl/N-ethyl adjacent to an activating group) is 1. The van der Waals surface area contributed by atoms with Crippen LogP contribution in [0.15, 0.2) is 60.8 Å². The van der Waals surface area contributed by atoms with Crippen molar-refractivity contribution in [2.24, 2.45) is 5.73 Å². The van der Waals surface area contributed by atoms with E-state index in [4.69, 9.17) is 5.73 Å². The number of carbonyl (C=O) groups is 1. The molecule has 3 N–H and O–H groups in total. The summed E-state index contributed by atoms with van der Waals surface area (Å²) in [5, 5.41) is 1.13. The molecule has 1 atom stereocenters. The molecular weight excluding hydrogens is 334 g/mol. The largest absolute Gasteiger partial charge is 0.361 e. The van der Waals surface area contributed by atoms with Crippen molar-refractivity contribution >= 4 is 29.2 Å². The minimum Gasteiger partial charge on any atom is -0.361 e. The number of nitrogens with two attached hydrogens (primary N) is 1. The van der Waals surface area contributed by atoms with Crippen molar-refractivity contribution in [2.75, 3.05) is 6.54 Å². The number of H-pyrrole nitrogens is 1. The zero-order valence-electron chi connectivity index (χ0n) is 14.3. The number of carbonyl (C=O) groups excluding carboxylic acids is 1. The molecule has 0 radical (unpaired) electrons. The average molecular weight is 358 g/mol. The van der Waals surface area contributed by atoms with Gasteiger partial charge in [0.05, 0.1) is 6.04 Å². The third-order valence-corrected chi connectivity index (χ3v) is 4.34. The summed E-state index contributed by atoms with van der Waals surface area (Å²) in [4.78, 5) is 17.8. The number of hydrogen-bond donors (Lipinski definition) is 2. The molecule has 0 unspecified atom stereocenters. The van der Waals surface area contributed by atoms with Gasteiger partial charge in [0.2, 0.25) is 5.91 Å². The first-order chi connectivity index (χ1) is 11.7. The Kier molecular flexibility index (Phi) is 6.62. The predicted molar refractivity (Wildman–Crippen MR) is 105 cm³/mol. The Morgan fingerprint density at radius 1 is 1.12 bits per heavy atom. The lowest BCUT2D eigenvalue weighted by Crippen LogP contribution is -2.44. The minimum absolute atomic E-state index is 0. The maximum Gasteiger partial charge on any atom is 0.240 e. The summed E-state index contributed by atoms with van der Waals surface area (Å²) in [5.74, 6) is -0.00775. The molecular formula is C20H24ClN3O. The van der Waals surface area contributed by atoms with Gasteiger partial charge in [-0.15, -0.1) is 12.4 Å². The fraction of sp³-hybridized carbons (Fsp3) is 0.250. The molecule has 0 spiro atoms. The number of aromatic nitrogens is 1. The molecule has 25 heavy (non-hydrogen) atoms. The molecule has 3 aromatic rings. The summed E-state index contributed by atoms with van der Waals surface area (Å²) >= 11 is 0. The second-order valence-electron chi connectivity index (χ2n) is 6.01. The van der Waals surface area contributed by atoms with Crippen LogP contribution in [-0.4, -0.2) is 28.4 Å². The summed E-state index contributed by atoms with van der Waals surface area (Å²) in [6.45, 7) is 3.23. The lowest BCUT2D eigenvalue weighted by atomic mass is 10.0. The molecule has 3 rings (SSSR count). The molecule has 0 bridgehead atoms. The highest BCUT2D eigenvalue weighted by Gasteiger charge is 2.21. The topological polar surface area (TPSA) is 62.1 Å². The summed E-state index contributed by atoms with van der Waals surface area (Å²) < 4.78 is 0. The van der Waals surface area contributed by atoms with E-state index in [1.165, 1.54) is 0 Å². The van der Waals surface area contributed by atoms with Crippen LogP contribution in [0.2, 0.25) is 0 Å². The molecule has 1 heterocycles. The molecule has 0 aliphatic heterocycles. The average Bonchev–Trinajstić information content (AvgIpc) is 3.03. The van der Waals surface area contributed by atoms with Crippen molar-refractivity contribution in [1.82, 2.24) is 9.88 Å². The van der Waals surface area contributed by atoms with Crippen LogP contribution in [0, 0.1) is 0 Å². The van der Waals surface area contributed by atoms with Crippen LogP contribution < -0.4 is 5.73 Å². The molecule has 1 aromatic heterocycles. The van der Waals surface area contributed by atoms with E-state index >= 15 is 0 Å². The standard InChI is InChI=1S/C20H23N3O.ClH/c1-2-23(14-15-8-4-3-5-9-15)20(24)18(21)12-16-13-22-19-11-7-6-10-17(16)19;/h3-11,13,18,22H,2,12,14,21H2,1H3;1H/t18-;/m0./s1. The molecule has 0 saturated heterocycles. The smallest absolute Gasteiger partial charge is 0.240 e. The summed E-state index contributed by atoms with van der Waals surface area (Å²) in [5.41, 5.74) is 9.50. The molecule has 0 saturated carbocycles. The maximum absolute atomic E-state index is 12.7. The van der Waals surface area contributed by atoms with E-state index in [1.807, 2.05) is 66.6 Å². The van der Waals surface area contributed by atoms with Crippen LogP contribution in [0.4, 0.5) is 0 Å². The number of amides is 1. The van der Waals surface area contributed by atoms with E-state index in [1.54, 1.807) is 0 Å². The van der Waals surface area contributed by atoms with Gasteiger partial charge in [0.25, 0.3) is 0 Å². The number of halogens is 1. The molecule has 4 nitrogen and oxygen atoms in total. The van der Waals surface area contributed by atoms with Crippen molar-refractivity contribution in [3.63, 3.8) is 0 Å². The normalized spacial score (nSPS) is 11.8. The second kappa shape index (κ2) is 8.70. The van der Waals surface area contributed by atoms with Gasteiger partial charge in [-0.3, -0.25) is 4.79 Å². The lowest BCUT2D eigenvalue weighted by Gasteiger charge is -2.24. The Morgan fingerprint density at radius 3 is 2.52 bits per heavy atom. The maximum atomic E-state index is 12.7. The van der Waals surface area contributed by atoms with Gasteiger partial charge >= 0.3 is 0 Å². The Morgan fingerprint density at radius 2 is 1.80 bits per heavy atom. The summed E-state index contributed by atoms with van der Waals surface area (Å²) in [7, 11) is 0. The van der Waals surface area contributed by atoms with Crippen LogP contribution in [0.3, 0.4) is 0 Å². The molecule has 0 aliphatic carbocycles. The van der Waals surface area contributed by atoms with Crippen molar-refractivity contribution in [3.05, 3.63) is 71.9 Å². The zero-order valence-corrected chi connectivity index (χ0v) is 15.1. The molecule has 1 amide bonds. The van der Waals surface area contributed by atoms with Gasteiger partial charge in [0.1, 0.15) is 0 Å². The van der Waals surface area contributed by atoms with E-state index in [0.717, 1.165) is 22.0 Å². The number of nitrogens with one attached hydrogen (secondary N) is 1. The predicted octanol–water partition coefficient (Wildman–Crippen LogP) is 3.51. The molecule has 132 valence electrons. The summed E-state index contributed by atoms with van der Waals surface area (Å²) in [6.07, 6.45) is 2.49. The van der Waals surface area contributed by atoms with Crippen molar-refractivity contribution in [3.8, 4) is 0 Å². The number of rotatable bonds is 6. The van der Waals surface area contributed by atoms with E-state index in [0.29, 0.717) is 19.5 Å². The van der Waals surface area contributed by atoms with Gasteiger partial charge in [0.15, 0.2) is 0 Å². The fourth-order valence-electron chi connectivity index (χ4n) is 3.01. The van der Waals surface area contributed by atoms with Gasteiger partial charge in [-0.05, 0) is 30.5 Å². The molecule has 2 aromatic carbocycles. The van der Waals surface area contributed by atoms with Crippen LogP contribution >= 0.6 is 12.4 Å². The highest BCUT2D eigenvalue weighted by atomic mass is 35.5. The Bertz CT molecular complexity index is 816. The van der Waals surface area contributed by atoms with Gasteiger partial charge < -0.3 is 15.6 Å². The Labute approximate surface area is 154 Å². The first-order valence-corrected chi connectivity index (χ1v) is 8.32. The first-order valence-electron chi connectivity index (χ1n) is 8.32. The van der Waals surface area contributed by atoms with Crippen molar-refractivity contribution in [2.45, 2.75) is 25.9 Å². The van der Waals surface area contributed by atoms with Crippen molar-refractivity contribution in [1.29, 1.82) is 0 Å². The lowest BCUT2D eigenvalue weighted by molar-refractivity contribution is -0.133. The molecule has 0 aliphatic rings. The summed E-state index contributed by atoms with van der Waals surface area (Å²) in [6, 6.07) is 17.5. The van der Waals surface area contributed by atoms with E-state index in [9.17, 15) is 4.79 Å². The molecule has 5 heteroatoms. The van der Waals surface area contributed by atoms with Crippen LogP contribution in [-0.2, 0) is 17.8 Å². The van der Waals surface area contributed by atoms with Gasteiger partial charge in [-0.2, -0.15) is 0 Å². The number of hydrogen-bond acceptors (Lipinski definition) is 2. The highest BCUT2D eigenvalue weighted by Crippen LogP contribution is 2.19. The molecule has 0 fully saturated rings. The first kappa shape index (κ1) is 19.0. The van der Waals surface area contributed by atoms with Crippen molar-refractivity contribution < 1.29 is 4.79 Å². The minimum atomic E-state index is -0.534. The van der Waals surface area contributed by atoms with E-state index < -0.39 is 6.04 Å². The number of para-hydroxylation sites is 1. The van der Waals surface area contributed by atoms with E-state index in [-0.39, 0.29) is 18.3 Å². The van der Waals surface area contributed by atoms with Crippen LogP contribution in [0.1, 0.15) is 18.1 Å². The third kappa shape index (κ3) is 4.41. The fourth-order valence-corrected chi connectivity index (χ4v) is 3.01. The monoisotopic (exact) mass is 357 g/mol. The van der Waals surface area contributed by atoms with Gasteiger partial charge in [0, 0.05) is 30.2 Å². The van der Waals surface area contributed by atoms with Gasteiger partial charge in [-0.1, -0.05) is 48.5 Å². The number of nitrogens with zero attached hydrogens (tertiary/aromatic N) is 1. The zero-order chi connectivity index (χ0) is 16.9. The Hall–Kier alpha value is -2.30. The van der Waals surface area contributed by atoms with Crippen LogP contribution in [0.5, 0.6) is 0 Å². The van der Waals surface area contributed by atoms with Crippen LogP contribution in [0.25, 0.3) is 10.9 Å². The number of fused-ring (bicyclic) bond motifs is 1. The quantitative estimate of drug-likeness (QED) is 0.709. The number of aromatic amines is 1. The van der Waals surface area contributed by atoms with Gasteiger partial charge in [-0.25, -0.2) is 0 Å². The third-order valence-electron chi connectivity index (χ3n) is 4.34. The highest BCUT2D eigenvalue weighted by molar-refractivity contribution is 5.86.